The Balaban J connectivity index is 1.69. The first-order chi connectivity index (χ1) is 12.7. The van der Waals surface area contributed by atoms with Crippen molar-refractivity contribution < 1.29 is 9.53 Å². The topological polar surface area (TPSA) is 122 Å². The molecule has 0 radical (unpaired) electrons. The zero-order valence-electron chi connectivity index (χ0n) is 14.1. The summed E-state index contributed by atoms with van der Waals surface area (Å²) >= 11 is 0. The molecule has 0 saturated carbocycles. The smallest absolute Gasteiger partial charge is 0.238 e. The summed E-state index contributed by atoms with van der Waals surface area (Å²) in [4.78, 5) is 22.9. The number of fused-ring (bicyclic) bond motifs is 1. The number of carbonyl (C=O) groups excluding carboxylic acids is 1. The molecule has 1 aliphatic heterocycles. The Kier molecular flexibility index (Phi) is 4.46. The Morgan fingerprint density at radius 1 is 1.23 bits per heavy atom. The van der Waals surface area contributed by atoms with Crippen LogP contribution in [0.4, 0.5) is 11.5 Å². The van der Waals surface area contributed by atoms with Crippen LogP contribution in [0.3, 0.4) is 0 Å². The number of anilines is 2. The Morgan fingerprint density at radius 2 is 2.00 bits per heavy atom. The van der Waals surface area contributed by atoms with Gasteiger partial charge in [0.15, 0.2) is 11.5 Å². The Morgan fingerprint density at radius 3 is 2.73 bits per heavy atom. The van der Waals surface area contributed by atoms with E-state index in [1.807, 2.05) is 12.1 Å². The molecular formula is C17H19N7O2. The largest absolute Gasteiger partial charge is 0.378 e. The van der Waals surface area contributed by atoms with E-state index >= 15 is 0 Å². The van der Waals surface area contributed by atoms with Crippen LogP contribution in [0.5, 0.6) is 0 Å². The predicted molar refractivity (Wildman–Crippen MR) is 97.8 cm³/mol. The molecule has 26 heavy (non-hydrogen) atoms. The van der Waals surface area contributed by atoms with E-state index < -0.39 is 0 Å². The monoisotopic (exact) mass is 353 g/mol. The first kappa shape index (κ1) is 16.4. The van der Waals surface area contributed by atoms with Gasteiger partial charge in [-0.1, -0.05) is 0 Å². The number of rotatable bonds is 4. The Bertz CT molecular complexity index is 917. The van der Waals surface area contributed by atoms with Gasteiger partial charge in [0.05, 0.1) is 31.3 Å². The fourth-order valence-corrected chi connectivity index (χ4v) is 2.88. The van der Waals surface area contributed by atoms with Crippen LogP contribution in [-0.4, -0.2) is 58.9 Å². The van der Waals surface area contributed by atoms with Crippen LogP contribution in [0, 0.1) is 0 Å². The molecule has 0 unspecified atom stereocenters. The molecule has 9 nitrogen and oxygen atoms in total. The molecule has 9 heteroatoms. The fraction of sp³-hybridized carbons (Fsp3) is 0.294. The van der Waals surface area contributed by atoms with Crippen molar-refractivity contribution in [3.8, 4) is 11.4 Å². The number of nitrogens with one attached hydrogen (secondary N) is 2. The van der Waals surface area contributed by atoms with Crippen LogP contribution in [0.15, 0.2) is 30.5 Å². The van der Waals surface area contributed by atoms with Gasteiger partial charge in [-0.25, -0.2) is 9.97 Å². The van der Waals surface area contributed by atoms with Crippen LogP contribution in [0.1, 0.15) is 0 Å². The molecule has 3 aromatic rings. The van der Waals surface area contributed by atoms with E-state index in [0.29, 0.717) is 30.4 Å². The zero-order chi connectivity index (χ0) is 17.9. The fourth-order valence-electron chi connectivity index (χ4n) is 2.88. The minimum Gasteiger partial charge on any atom is -0.378 e. The van der Waals surface area contributed by atoms with Crippen LogP contribution < -0.4 is 16.0 Å². The average molecular weight is 353 g/mol. The number of hydrogen-bond acceptors (Lipinski definition) is 7. The number of H-pyrrole nitrogens is 1. The molecule has 3 heterocycles. The van der Waals surface area contributed by atoms with E-state index in [1.54, 1.807) is 18.3 Å². The van der Waals surface area contributed by atoms with Gasteiger partial charge in [0.25, 0.3) is 0 Å². The zero-order valence-corrected chi connectivity index (χ0v) is 14.1. The third kappa shape index (κ3) is 3.22. The van der Waals surface area contributed by atoms with E-state index in [2.05, 4.69) is 25.4 Å². The highest BCUT2D eigenvalue weighted by Gasteiger charge is 2.19. The molecule has 4 rings (SSSR count). The number of benzene rings is 1. The molecule has 1 aliphatic rings. The summed E-state index contributed by atoms with van der Waals surface area (Å²) in [6.45, 7) is 2.86. The average Bonchev–Trinajstić information content (AvgIpc) is 3.17. The van der Waals surface area contributed by atoms with E-state index in [0.717, 1.165) is 29.9 Å². The highest BCUT2D eigenvalue weighted by Crippen LogP contribution is 2.27. The maximum atomic E-state index is 11.4. The minimum atomic E-state index is -0.234. The molecule has 0 spiro atoms. The number of morpholine rings is 1. The molecule has 1 saturated heterocycles. The summed E-state index contributed by atoms with van der Waals surface area (Å²) in [6.07, 6.45) is 1.75. The number of nitrogens with two attached hydrogens (primary N) is 1. The molecule has 2 aromatic heterocycles. The summed E-state index contributed by atoms with van der Waals surface area (Å²) in [5, 5.41) is 10.6. The van der Waals surface area contributed by atoms with Gasteiger partial charge in [0.2, 0.25) is 5.91 Å². The van der Waals surface area contributed by atoms with Crippen LogP contribution in [0.2, 0.25) is 0 Å². The maximum Gasteiger partial charge on any atom is 0.238 e. The second kappa shape index (κ2) is 7.06. The second-order valence-corrected chi connectivity index (χ2v) is 5.93. The lowest BCUT2D eigenvalue weighted by atomic mass is 10.2. The molecule has 1 aromatic carbocycles. The summed E-state index contributed by atoms with van der Waals surface area (Å²) in [5.41, 5.74) is 7.54. The van der Waals surface area contributed by atoms with Gasteiger partial charge in [0, 0.05) is 24.3 Å². The number of aromatic nitrogens is 4. The van der Waals surface area contributed by atoms with Gasteiger partial charge in [0.1, 0.15) is 5.82 Å². The van der Waals surface area contributed by atoms with Gasteiger partial charge >= 0.3 is 0 Å². The van der Waals surface area contributed by atoms with Crippen molar-refractivity contribution in [3.05, 3.63) is 30.5 Å². The second-order valence-electron chi connectivity index (χ2n) is 5.93. The third-order valence-corrected chi connectivity index (χ3v) is 4.21. The molecule has 4 N–H and O–H groups in total. The van der Waals surface area contributed by atoms with E-state index in [9.17, 15) is 4.79 Å². The highest BCUT2D eigenvalue weighted by molar-refractivity contribution is 5.92. The molecule has 1 fully saturated rings. The SMILES string of the molecule is NCC(=O)Nc1ccc(-c2nc(N3CCOCC3)c3cn[nH]c3n2)cc1. The van der Waals surface area contributed by atoms with Crippen LogP contribution >= 0.6 is 0 Å². The number of aromatic amines is 1. The quantitative estimate of drug-likeness (QED) is 0.633. The lowest BCUT2D eigenvalue weighted by Crippen LogP contribution is -2.37. The van der Waals surface area contributed by atoms with Crippen molar-refractivity contribution in [3.63, 3.8) is 0 Å². The number of ether oxygens (including phenoxy) is 1. The predicted octanol–water partition coefficient (Wildman–Crippen LogP) is 0.754. The maximum absolute atomic E-state index is 11.4. The first-order valence-electron chi connectivity index (χ1n) is 8.39. The number of hydrogen-bond donors (Lipinski definition) is 3. The Labute approximate surface area is 149 Å². The van der Waals surface area contributed by atoms with Crippen molar-refractivity contribution in [1.82, 2.24) is 20.2 Å². The summed E-state index contributed by atoms with van der Waals surface area (Å²) in [6, 6.07) is 7.34. The van der Waals surface area contributed by atoms with Gasteiger partial charge in [-0.15, -0.1) is 0 Å². The van der Waals surface area contributed by atoms with Gasteiger partial charge in [-0.05, 0) is 24.3 Å². The van der Waals surface area contributed by atoms with E-state index in [4.69, 9.17) is 15.5 Å². The summed E-state index contributed by atoms with van der Waals surface area (Å²) < 4.78 is 5.43. The van der Waals surface area contributed by atoms with Gasteiger partial charge in [-0.2, -0.15) is 5.10 Å². The highest BCUT2D eigenvalue weighted by atomic mass is 16.5. The summed E-state index contributed by atoms with van der Waals surface area (Å²) in [5.74, 6) is 1.21. The van der Waals surface area contributed by atoms with Crippen molar-refractivity contribution in [1.29, 1.82) is 0 Å². The normalized spacial score (nSPS) is 14.6. The Hall–Kier alpha value is -3.04. The molecule has 0 bridgehead atoms. The number of nitrogens with zero attached hydrogens (tertiary/aromatic N) is 4. The standard InChI is InChI=1S/C17H19N7O2/c18-9-14(25)20-12-3-1-11(2-4-12)15-21-16-13(10-19-23-16)17(22-15)24-5-7-26-8-6-24/h1-4,10H,5-9,18H2,(H,20,25)(H,19,21,22,23). The summed E-state index contributed by atoms with van der Waals surface area (Å²) in [7, 11) is 0. The first-order valence-corrected chi connectivity index (χ1v) is 8.39. The molecule has 0 aliphatic carbocycles. The van der Waals surface area contributed by atoms with Crippen LogP contribution in [-0.2, 0) is 9.53 Å². The van der Waals surface area contributed by atoms with E-state index in [1.165, 1.54) is 0 Å². The lowest BCUT2D eigenvalue weighted by molar-refractivity contribution is -0.114. The van der Waals surface area contributed by atoms with Crippen molar-refractivity contribution in [2.24, 2.45) is 5.73 Å². The van der Waals surface area contributed by atoms with E-state index in [-0.39, 0.29) is 12.5 Å². The van der Waals surface area contributed by atoms with Gasteiger partial charge in [-0.3, -0.25) is 9.89 Å². The molecular weight excluding hydrogens is 334 g/mol. The molecule has 134 valence electrons. The minimum absolute atomic E-state index is 0.0513. The molecule has 1 amide bonds. The number of amides is 1. The van der Waals surface area contributed by atoms with Gasteiger partial charge < -0.3 is 20.7 Å². The van der Waals surface area contributed by atoms with Crippen molar-refractivity contribution in [2.75, 3.05) is 43.1 Å². The van der Waals surface area contributed by atoms with Crippen molar-refractivity contribution >= 4 is 28.4 Å². The third-order valence-electron chi connectivity index (χ3n) is 4.21. The van der Waals surface area contributed by atoms with Crippen molar-refractivity contribution in [2.45, 2.75) is 0 Å². The number of carbonyl (C=O) groups is 1. The lowest BCUT2D eigenvalue weighted by Gasteiger charge is -2.28. The van der Waals surface area contributed by atoms with Crippen LogP contribution in [0.25, 0.3) is 22.4 Å². The molecule has 0 atom stereocenters.